The summed E-state index contributed by atoms with van der Waals surface area (Å²) >= 11 is 9.13. The van der Waals surface area contributed by atoms with Crippen LogP contribution in [-0.2, 0) is 4.74 Å². The molecule has 23 heavy (non-hydrogen) atoms. The number of ether oxygens (including phenoxy) is 1. The van der Waals surface area contributed by atoms with Crippen molar-refractivity contribution in [1.82, 2.24) is 9.97 Å². The predicted octanol–water partition coefficient (Wildman–Crippen LogP) is 4.98. The third kappa shape index (κ3) is 5.69. The number of anilines is 3. The Balaban J connectivity index is 2.11. The molecular weight excluding hydrogens is 384 g/mol. The Morgan fingerprint density at radius 3 is 2.70 bits per heavy atom. The molecule has 8 heteroatoms. The summed E-state index contributed by atoms with van der Waals surface area (Å²) in [5, 5.41) is 5.92. The number of hydrogen-bond donors (Lipinski definition) is 2. The van der Waals surface area contributed by atoms with E-state index in [2.05, 4.69) is 36.5 Å². The molecule has 1 aromatic heterocycles. The van der Waals surface area contributed by atoms with Gasteiger partial charge in [0.1, 0.15) is 11.4 Å². The number of nitrogens with zero attached hydrogens (tertiary/aromatic N) is 2. The summed E-state index contributed by atoms with van der Waals surface area (Å²) < 4.78 is 5.89. The summed E-state index contributed by atoms with van der Waals surface area (Å²) in [5.41, 5.74) is 0.775. The first-order valence-corrected chi connectivity index (χ1v) is 7.95. The molecule has 0 bridgehead atoms. The van der Waals surface area contributed by atoms with E-state index in [4.69, 9.17) is 16.3 Å². The van der Waals surface area contributed by atoms with E-state index in [0.717, 1.165) is 5.69 Å². The highest BCUT2D eigenvalue weighted by Gasteiger charge is 2.16. The minimum atomic E-state index is -0.553. The molecule has 0 aliphatic rings. The van der Waals surface area contributed by atoms with Gasteiger partial charge in [0, 0.05) is 17.6 Å². The molecule has 0 aliphatic heterocycles. The Morgan fingerprint density at radius 2 is 2.00 bits per heavy atom. The van der Waals surface area contributed by atoms with Gasteiger partial charge in [0.15, 0.2) is 0 Å². The molecular formula is C15H16BrClN4O2. The monoisotopic (exact) mass is 398 g/mol. The number of halogens is 2. The van der Waals surface area contributed by atoms with Crippen molar-refractivity contribution in [2.45, 2.75) is 26.4 Å². The molecule has 0 unspecified atom stereocenters. The number of benzene rings is 1. The maximum Gasteiger partial charge on any atom is 0.412 e. The van der Waals surface area contributed by atoms with Crippen LogP contribution in [0.4, 0.5) is 22.0 Å². The molecule has 1 amide bonds. The molecule has 122 valence electrons. The van der Waals surface area contributed by atoms with Gasteiger partial charge >= 0.3 is 6.09 Å². The number of nitrogens with one attached hydrogen (secondary N) is 2. The SMILES string of the molecule is CC(C)(C)OC(=O)Nc1cccc(Nc2nc(Cl)ncc2Br)c1. The highest BCUT2D eigenvalue weighted by molar-refractivity contribution is 9.10. The highest BCUT2D eigenvalue weighted by Crippen LogP contribution is 2.25. The van der Waals surface area contributed by atoms with E-state index in [1.165, 1.54) is 0 Å². The van der Waals surface area contributed by atoms with E-state index < -0.39 is 11.7 Å². The third-order valence-corrected chi connectivity index (χ3v) is 3.25. The van der Waals surface area contributed by atoms with Crippen LogP contribution < -0.4 is 10.6 Å². The summed E-state index contributed by atoms with van der Waals surface area (Å²) in [6.45, 7) is 5.42. The van der Waals surface area contributed by atoms with Gasteiger partial charge in [-0.15, -0.1) is 0 Å². The summed E-state index contributed by atoms with van der Waals surface area (Å²) in [6.07, 6.45) is 1.04. The molecule has 0 saturated heterocycles. The lowest BCUT2D eigenvalue weighted by molar-refractivity contribution is 0.0636. The van der Waals surface area contributed by atoms with Crippen LogP contribution in [0.25, 0.3) is 0 Å². The predicted molar refractivity (Wildman–Crippen MR) is 94.3 cm³/mol. The highest BCUT2D eigenvalue weighted by atomic mass is 79.9. The molecule has 6 nitrogen and oxygen atoms in total. The second kappa shape index (κ2) is 7.14. The Labute approximate surface area is 147 Å². The fourth-order valence-corrected chi connectivity index (χ4v) is 2.09. The lowest BCUT2D eigenvalue weighted by Gasteiger charge is -2.19. The quantitative estimate of drug-likeness (QED) is 0.712. The van der Waals surface area contributed by atoms with Crippen molar-refractivity contribution in [1.29, 1.82) is 0 Å². The van der Waals surface area contributed by atoms with Crippen molar-refractivity contribution in [2.24, 2.45) is 0 Å². The zero-order valence-corrected chi connectivity index (χ0v) is 15.2. The molecule has 0 saturated carbocycles. The average Bonchev–Trinajstić information content (AvgIpc) is 2.41. The maximum absolute atomic E-state index is 11.8. The number of carbonyl (C=O) groups excluding carboxylic acids is 1. The van der Waals surface area contributed by atoms with Gasteiger partial charge < -0.3 is 10.1 Å². The van der Waals surface area contributed by atoms with Crippen molar-refractivity contribution in [3.63, 3.8) is 0 Å². The Kier molecular flexibility index (Phi) is 5.43. The molecule has 2 N–H and O–H groups in total. The standard InChI is InChI=1S/C15H16BrClN4O2/c1-15(2,3)23-14(22)20-10-6-4-5-9(7-10)19-12-11(16)8-18-13(17)21-12/h4-8H,1-3H3,(H,20,22)(H,18,19,21). The number of carbonyl (C=O) groups is 1. The van der Waals surface area contributed by atoms with E-state index in [1.807, 2.05) is 6.07 Å². The topological polar surface area (TPSA) is 76.1 Å². The van der Waals surface area contributed by atoms with Gasteiger partial charge in [-0.2, -0.15) is 4.98 Å². The average molecular weight is 400 g/mol. The minimum Gasteiger partial charge on any atom is -0.444 e. The molecule has 2 aromatic rings. The van der Waals surface area contributed by atoms with Gasteiger partial charge in [0.05, 0.1) is 4.47 Å². The Hall–Kier alpha value is -1.86. The first kappa shape index (κ1) is 17.5. The van der Waals surface area contributed by atoms with Gasteiger partial charge in [-0.3, -0.25) is 5.32 Å². The smallest absolute Gasteiger partial charge is 0.412 e. The van der Waals surface area contributed by atoms with Gasteiger partial charge in [0.2, 0.25) is 5.28 Å². The number of aromatic nitrogens is 2. The largest absolute Gasteiger partial charge is 0.444 e. The van der Waals surface area contributed by atoms with Crippen molar-refractivity contribution in [3.8, 4) is 0 Å². The molecule has 0 atom stereocenters. The minimum absolute atomic E-state index is 0.138. The van der Waals surface area contributed by atoms with E-state index in [1.54, 1.807) is 45.2 Å². The van der Waals surface area contributed by atoms with E-state index in [0.29, 0.717) is 16.0 Å². The van der Waals surface area contributed by atoms with Crippen LogP contribution in [0.2, 0.25) is 5.28 Å². The van der Waals surface area contributed by atoms with Crippen LogP contribution in [0.15, 0.2) is 34.9 Å². The third-order valence-electron chi connectivity index (χ3n) is 2.49. The van der Waals surface area contributed by atoms with Crippen LogP contribution in [0.3, 0.4) is 0 Å². The van der Waals surface area contributed by atoms with Gasteiger partial charge in [0.25, 0.3) is 0 Å². The number of hydrogen-bond acceptors (Lipinski definition) is 5. The Bertz CT molecular complexity index is 719. The first-order chi connectivity index (χ1) is 10.7. The Morgan fingerprint density at radius 1 is 1.30 bits per heavy atom. The van der Waals surface area contributed by atoms with E-state index in [9.17, 15) is 4.79 Å². The molecule has 0 radical (unpaired) electrons. The van der Waals surface area contributed by atoms with Crippen LogP contribution in [0, 0.1) is 0 Å². The first-order valence-electron chi connectivity index (χ1n) is 6.78. The van der Waals surface area contributed by atoms with Crippen LogP contribution in [-0.4, -0.2) is 21.7 Å². The maximum atomic E-state index is 11.8. The summed E-state index contributed by atoms with van der Waals surface area (Å²) in [6, 6.07) is 7.15. The molecule has 2 rings (SSSR count). The normalized spacial score (nSPS) is 11.0. The fraction of sp³-hybridized carbons (Fsp3) is 0.267. The molecule has 0 spiro atoms. The summed E-state index contributed by atoms with van der Waals surface area (Å²) in [7, 11) is 0. The number of rotatable bonds is 3. The second-order valence-electron chi connectivity index (χ2n) is 5.67. The lowest BCUT2D eigenvalue weighted by atomic mass is 10.2. The summed E-state index contributed by atoms with van der Waals surface area (Å²) in [5.74, 6) is 0.527. The van der Waals surface area contributed by atoms with Crippen molar-refractivity contribution in [2.75, 3.05) is 10.6 Å². The van der Waals surface area contributed by atoms with E-state index >= 15 is 0 Å². The van der Waals surface area contributed by atoms with E-state index in [-0.39, 0.29) is 5.28 Å². The number of amides is 1. The van der Waals surface area contributed by atoms with Crippen LogP contribution in [0.5, 0.6) is 0 Å². The van der Waals surface area contributed by atoms with Gasteiger partial charge in [-0.1, -0.05) is 6.07 Å². The summed E-state index contributed by atoms with van der Waals surface area (Å²) in [4.78, 5) is 19.8. The molecule has 0 aliphatic carbocycles. The molecule has 0 fully saturated rings. The zero-order chi connectivity index (χ0) is 17.0. The van der Waals surface area contributed by atoms with Crippen LogP contribution in [0.1, 0.15) is 20.8 Å². The van der Waals surface area contributed by atoms with Crippen LogP contribution >= 0.6 is 27.5 Å². The van der Waals surface area contributed by atoms with Crippen molar-refractivity contribution in [3.05, 3.63) is 40.2 Å². The zero-order valence-electron chi connectivity index (χ0n) is 12.9. The fourth-order valence-electron chi connectivity index (χ4n) is 1.67. The van der Waals surface area contributed by atoms with Gasteiger partial charge in [-0.25, -0.2) is 9.78 Å². The lowest BCUT2D eigenvalue weighted by Crippen LogP contribution is -2.27. The molecule has 1 heterocycles. The van der Waals surface area contributed by atoms with Crippen molar-refractivity contribution >= 4 is 50.8 Å². The second-order valence-corrected chi connectivity index (χ2v) is 6.86. The molecule has 1 aromatic carbocycles. The van der Waals surface area contributed by atoms with Gasteiger partial charge in [-0.05, 0) is 66.5 Å². The van der Waals surface area contributed by atoms with Crippen molar-refractivity contribution < 1.29 is 9.53 Å².